The van der Waals surface area contributed by atoms with Gasteiger partial charge >= 0.3 is 5.97 Å². The zero-order chi connectivity index (χ0) is 16.4. The summed E-state index contributed by atoms with van der Waals surface area (Å²) >= 11 is 1.49. The molecule has 0 spiro atoms. The molecule has 1 aliphatic rings. The molecule has 1 aliphatic carbocycles. The Bertz CT molecular complexity index is 720. The summed E-state index contributed by atoms with van der Waals surface area (Å²) < 4.78 is 10.9. The third-order valence-corrected chi connectivity index (χ3v) is 4.83. The summed E-state index contributed by atoms with van der Waals surface area (Å²) in [4.78, 5) is 18.0. The van der Waals surface area contributed by atoms with Gasteiger partial charge in [0.1, 0.15) is 10.5 Å². The topological polar surface area (TPSA) is 52.3 Å². The van der Waals surface area contributed by atoms with Crippen molar-refractivity contribution in [1.82, 2.24) is 4.98 Å². The van der Waals surface area contributed by atoms with E-state index in [-0.39, 0.29) is 5.97 Å². The van der Waals surface area contributed by atoms with Crippen LogP contribution in [0.15, 0.2) is 29.1 Å². The van der Waals surface area contributed by atoms with Crippen molar-refractivity contribution in [2.75, 3.05) is 0 Å². The summed E-state index contributed by atoms with van der Waals surface area (Å²) in [5.74, 6) is 0.582. The normalized spacial score (nSPS) is 15.8. The van der Waals surface area contributed by atoms with E-state index in [2.05, 4.69) is 4.98 Å². The molecule has 0 saturated heterocycles. The second-order valence-electron chi connectivity index (χ2n) is 6.70. The zero-order valence-electron chi connectivity index (χ0n) is 13.7. The van der Waals surface area contributed by atoms with Crippen LogP contribution in [0.2, 0.25) is 0 Å². The van der Waals surface area contributed by atoms with Crippen LogP contribution in [0.1, 0.15) is 66.8 Å². The maximum atomic E-state index is 12.2. The van der Waals surface area contributed by atoms with Gasteiger partial charge in [-0.25, -0.2) is 9.78 Å². The fraction of sp³-hybridized carbons (Fsp3) is 0.444. The average molecular weight is 331 g/mol. The Balaban J connectivity index is 1.91. The van der Waals surface area contributed by atoms with Crippen molar-refractivity contribution >= 4 is 28.5 Å². The first-order valence-corrected chi connectivity index (χ1v) is 8.70. The number of carbonyl (C=O) groups excluding carboxylic acids is 1. The Kier molecular flexibility index (Phi) is 4.39. The maximum Gasteiger partial charge on any atom is 0.348 e. The largest absolute Gasteiger partial charge is 0.456 e. The number of nitrogens with zero attached hydrogens (tertiary/aromatic N) is 1. The minimum atomic E-state index is -0.476. The van der Waals surface area contributed by atoms with Crippen LogP contribution in [0.3, 0.4) is 0 Å². The van der Waals surface area contributed by atoms with Crippen LogP contribution in [0.5, 0.6) is 0 Å². The second-order valence-corrected chi connectivity index (χ2v) is 7.78. The van der Waals surface area contributed by atoms with E-state index in [0.717, 1.165) is 36.3 Å². The Morgan fingerprint density at radius 2 is 1.96 bits per heavy atom. The summed E-state index contributed by atoms with van der Waals surface area (Å²) in [6.07, 6.45) is 7.54. The van der Waals surface area contributed by atoms with Crippen LogP contribution in [-0.4, -0.2) is 16.6 Å². The highest BCUT2D eigenvalue weighted by Gasteiger charge is 2.23. The molecule has 23 heavy (non-hydrogen) atoms. The van der Waals surface area contributed by atoms with Gasteiger partial charge in [-0.05, 0) is 64.2 Å². The molecule has 0 radical (unpaired) electrons. The van der Waals surface area contributed by atoms with Crippen molar-refractivity contribution in [1.29, 1.82) is 0 Å². The van der Waals surface area contributed by atoms with Gasteiger partial charge < -0.3 is 9.15 Å². The fourth-order valence-electron chi connectivity index (χ4n) is 2.75. The minimum Gasteiger partial charge on any atom is -0.456 e. The molecule has 2 heterocycles. The number of rotatable bonds is 3. The number of esters is 1. The van der Waals surface area contributed by atoms with E-state index < -0.39 is 5.60 Å². The Morgan fingerprint density at radius 1 is 1.22 bits per heavy atom. The number of oxazole rings is 1. The molecule has 122 valence electrons. The molecular formula is C18H21NO3S. The molecule has 0 N–H and O–H groups in total. The molecule has 0 atom stereocenters. The molecular weight excluding hydrogens is 310 g/mol. The van der Waals surface area contributed by atoms with Gasteiger partial charge in [0, 0.05) is 10.5 Å². The molecule has 2 aromatic heterocycles. The standard InChI is InChI=1S/C18H21NO3S/c1-18(2,3)22-17(20)16-9-8-15(23-16)13-7-5-4-6-12(13)14-10-19-11-21-14/h8-11H,4-7H2,1-3H3. The number of thiophene rings is 1. The summed E-state index contributed by atoms with van der Waals surface area (Å²) in [6, 6.07) is 3.87. The lowest BCUT2D eigenvalue weighted by Crippen LogP contribution is -2.23. The van der Waals surface area contributed by atoms with E-state index in [9.17, 15) is 4.79 Å². The quantitative estimate of drug-likeness (QED) is 0.728. The third-order valence-electron chi connectivity index (χ3n) is 3.70. The number of allylic oxidation sites excluding steroid dienone is 2. The first-order chi connectivity index (χ1) is 10.9. The smallest absolute Gasteiger partial charge is 0.348 e. The molecule has 2 aromatic rings. The van der Waals surface area contributed by atoms with Crippen LogP contribution in [0, 0.1) is 0 Å². The molecule has 0 saturated carbocycles. The van der Waals surface area contributed by atoms with Crippen molar-refractivity contribution in [3.63, 3.8) is 0 Å². The van der Waals surface area contributed by atoms with E-state index in [4.69, 9.17) is 9.15 Å². The highest BCUT2D eigenvalue weighted by atomic mass is 32.1. The number of ether oxygens (including phenoxy) is 1. The van der Waals surface area contributed by atoms with Gasteiger partial charge in [0.2, 0.25) is 0 Å². The zero-order valence-corrected chi connectivity index (χ0v) is 14.5. The molecule has 0 aliphatic heterocycles. The molecule has 5 heteroatoms. The molecule has 3 rings (SSSR count). The average Bonchev–Trinajstić information content (AvgIpc) is 3.17. The van der Waals surface area contributed by atoms with E-state index in [1.54, 1.807) is 6.20 Å². The minimum absolute atomic E-state index is 0.258. The molecule has 0 unspecified atom stereocenters. The lowest BCUT2D eigenvalue weighted by Gasteiger charge is -2.19. The van der Waals surface area contributed by atoms with Gasteiger partial charge in [0.05, 0.1) is 6.20 Å². The lowest BCUT2D eigenvalue weighted by molar-refractivity contribution is 0.00752. The van der Waals surface area contributed by atoms with E-state index in [1.807, 2.05) is 32.9 Å². The Labute approximate surface area is 140 Å². The second kappa shape index (κ2) is 6.32. The third kappa shape index (κ3) is 3.72. The SMILES string of the molecule is CC(C)(C)OC(=O)c1ccc(C2=C(c3cnco3)CCCC2)s1. The van der Waals surface area contributed by atoms with Crippen molar-refractivity contribution in [2.45, 2.75) is 52.1 Å². The number of hydrogen-bond donors (Lipinski definition) is 0. The van der Waals surface area contributed by atoms with Gasteiger partial charge in [0.15, 0.2) is 12.2 Å². The monoisotopic (exact) mass is 331 g/mol. The molecule has 0 amide bonds. The number of carbonyl (C=O) groups is 1. The van der Waals surface area contributed by atoms with Gasteiger partial charge in [-0.3, -0.25) is 0 Å². The predicted molar refractivity (Wildman–Crippen MR) is 91.3 cm³/mol. The van der Waals surface area contributed by atoms with E-state index in [0.29, 0.717) is 4.88 Å². The summed E-state index contributed by atoms with van der Waals surface area (Å²) in [6.45, 7) is 5.64. The summed E-state index contributed by atoms with van der Waals surface area (Å²) in [7, 11) is 0. The van der Waals surface area contributed by atoms with Crippen LogP contribution >= 0.6 is 11.3 Å². The fourth-order valence-corrected chi connectivity index (χ4v) is 3.73. The summed E-state index contributed by atoms with van der Waals surface area (Å²) in [5, 5.41) is 0. The molecule has 0 fully saturated rings. The first-order valence-electron chi connectivity index (χ1n) is 7.88. The Hall–Kier alpha value is -1.88. The van der Waals surface area contributed by atoms with E-state index >= 15 is 0 Å². The van der Waals surface area contributed by atoms with Gasteiger partial charge in [-0.1, -0.05) is 0 Å². The lowest BCUT2D eigenvalue weighted by atomic mass is 9.89. The molecule has 0 bridgehead atoms. The van der Waals surface area contributed by atoms with Crippen molar-refractivity contribution in [3.8, 4) is 0 Å². The highest BCUT2D eigenvalue weighted by Crippen LogP contribution is 2.40. The Morgan fingerprint density at radius 3 is 2.61 bits per heavy atom. The number of aromatic nitrogens is 1. The van der Waals surface area contributed by atoms with Crippen LogP contribution in [0.4, 0.5) is 0 Å². The first kappa shape index (κ1) is 16.0. The van der Waals surface area contributed by atoms with Crippen molar-refractivity contribution in [3.05, 3.63) is 40.2 Å². The van der Waals surface area contributed by atoms with Gasteiger partial charge in [-0.2, -0.15) is 0 Å². The van der Waals surface area contributed by atoms with Gasteiger partial charge in [-0.15, -0.1) is 11.3 Å². The molecule has 4 nitrogen and oxygen atoms in total. The van der Waals surface area contributed by atoms with Crippen molar-refractivity contribution < 1.29 is 13.9 Å². The number of hydrogen-bond acceptors (Lipinski definition) is 5. The van der Waals surface area contributed by atoms with Crippen LogP contribution < -0.4 is 0 Å². The van der Waals surface area contributed by atoms with Crippen molar-refractivity contribution in [2.24, 2.45) is 0 Å². The van der Waals surface area contributed by atoms with E-state index in [1.165, 1.54) is 28.9 Å². The molecule has 0 aromatic carbocycles. The van der Waals surface area contributed by atoms with Crippen LogP contribution in [-0.2, 0) is 4.74 Å². The highest BCUT2D eigenvalue weighted by molar-refractivity contribution is 7.15. The maximum absolute atomic E-state index is 12.2. The van der Waals surface area contributed by atoms with Crippen LogP contribution in [0.25, 0.3) is 11.1 Å². The predicted octanol–water partition coefficient (Wildman–Crippen LogP) is 5.18. The van der Waals surface area contributed by atoms with Gasteiger partial charge in [0.25, 0.3) is 0 Å². The summed E-state index contributed by atoms with van der Waals surface area (Å²) in [5.41, 5.74) is 2.01.